The second-order valence-electron chi connectivity index (χ2n) is 4.02. The standard InChI is InChI=1S/C10H12BrNO4S2/c11-8-4-5-9(17-8)18(15,16)12-6-2-1-3-7(12)10(13)14/h4-5,7H,1-3,6H2,(H,13,14). The highest BCUT2D eigenvalue weighted by Crippen LogP contribution is 2.31. The molecule has 0 spiro atoms. The Morgan fingerprint density at radius 3 is 2.72 bits per heavy atom. The number of hydrogen-bond donors (Lipinski definition) is 1. The summed E-state index contributed by atoms with van der Waals surface area (Å²) in [6, 6.07) is 2.21. The van der Waals surface area contributed by atoms with Gasteiger partial charge in [-0.1, -0.05) is 0 Å². The highest BCUT2D eigenvalue weighted by Gasteiger charge is 2.38. The summed E-state index contributed by atoms with van der Waals surface area (Å²) in [5, 5.41) is 9.11. The van der Waals surface area contributed by atoms with Crippen LogP contribution in [0.3, 0.4) is 0 Å². The van der Waals surface area contributed by atoms with Gasteiger partial charge >= 0.3 is 5.97 Å². The van der Waals surface area contributed by atoms with Gasteiger partial charge in [-0.3, -0.25) is 4.79 Å². The fourth-order valence-electron chi connectivity index (χ4n) is 1.99. The number of thiophene rings is 1. The van der Waals surface area contributed by atoms with Crippen molar-refractivity contribution in [3.05, 3.63) is 15.9 Å². The van der Waals surface area contributed by atoms with Gasteiger partial charge < -0.3 is 5.11 Å². The number of aliphatic carboxylic acids is 1. The number of carboxylic acids is 1. The lowest BCUT2D eigenvalue weighted by atomic mass is 10.1. The Morgan fingerprint density at radius 1 is 1.44 bits per heavy atom. The van der Waals surface area contributed by atoms with Gasteiger partial charge in [-0.2, -0.15) is 4.31 Å². The van der Waals surface area contributed by atoms with Crippen LogP contribution in [-0.4, -0.2) is 36.4 Å². The van der Waals surface area contributed by atoms with E-state index in [0.29, 0.717) is 16.6 Å². The molecule has 0 aliphatic carbocycles. The maximum absolute atomic E-state index is 12.4. The number of carboxylic acid groups (broad SMARTS) is 1. The van der Waals surface area contributed by atoms with Crippen LogP contribution in [0, 0.1) is 0 Å². The van der Waals surface area contributed by atoms with E-state index in [9.17, 15) is 13.2 Å². The van der Waals surface area contributed by atoms with Gasteiger partial charge in [-0.15, -0.1) is 11.3 Å². The normalized spacial score (nSPS) is 21.9. The largest absolute Gasteiger partial charge is 0.480 e. The quantitative estimate of drug-likeness (QED) is 0.903. The van der Waals surface area contributed by atoms with Crippen molar-refractivity contribution in [3.63, 3.8) is 0 Å². The van der Waals surface area contributed by atoms with Crippen LogP contribution in [0.25, 0.3) is 0 Å². The number of rotatable bonds is 3. The Bertz CT molecular complexity index is 554. The summed E-state index contributed by atoms with van der Waals surface area (Å²) in [5.41, 5.74) is 0. The number of halogens is 1. The summed E-state index contributed by atoms with van der Waals surface area (Å²) < 4.78 is 26.7. The average Bonchev–Trinajstić information content (AvgIpc) is 2.76. The van der Waals surface area contributed by atoms with Crippen molar-refractivity contribution >= 4 is 43.3 Å². The molecular formula is C10H12BrNO4S2. The third-order valence-electron chi connectivity index (χ3n) is 2.85. The molecule has 1 aromatic heterocycles. The summed E-state index contributed by atoms with van der Waals surface area (Å²) in [7, 11) is -3.69. The minimum atomic E-state index is -3.69. The van der Waals surface area contributed by atoms with Crippen molar-refractivity contribution in [1.29, 1.82) is 0 Å². The lowest BCUT2D eigenvalue weighted by Gasteiger charge is -2.31. The average molecular weight is 354 g/mol. The van der Waals surface area contributed by atoms with Gasteiger partial charge in [0.05, 0.1) is 3.79 Å². The summed E-state index contributed by atoms with van der Waals surface area (Å²) in [4.78, 5) is 11.1. The van der Waals surface area contributed by atoms with Crippen LogP contribution in [0.1, 0.15) is 19.3 Å². The molecule has 0 radical (unpaired) electrons. The van der Waals surface area contributed by atoms with Gasteiger partial charge in [0.25, 0.3) is 10.0 Å². The third kappa shape index (κ3) is 2.61. The van der Waals surface area contributed by atoms with E-state index in [4.69, 9.17) is 5.11 Å². The van der Waals surface area contributed by atoms with Crippen molar-refractivity contribution in [2.45, 2.75) is 29.5 Å². The van der Waals surface area contributed by atoms with E-state index >= 15 is 0 Å². The van der Waals surface area contributed by atoms with Crippen LogP contribution >= 0.6 is 27.3 Å². The van der Waals surface area contributed by atoms with Gasteiger partial charge in [0.2, 0.25) is 0 Å². The van der Waals surface area contributed by atoms with E-state index in [1.807, 2.05) is 0 Å². The monoisotopic (exact) mass is 353 g/mol. The molecule has 8 heteroatoms. The maximum Gasteiger partial charge on any atom is 0.322 e. The molecule has 0 bridgehead atoms. The molecule has 2 rings (SSSR count). The third-order valence-corrected chi connectivity index (χ3v) is 6.85. The fourth-order valence-corrected chi connectivity index (χ4v) is 5.78. The maximum atomic E-state index is 12.4. The van der Waals surface area contributed by atoms with Crippen molar-refractivity contribution in [2.24, 2.45) is 0 Å². The Kier molecular flexibility index (Phi) is 4.10. The van der Waals surface area contributed by atoms with Gasteiger partial charge in [0.1, 0.15) is 10.3 Å². The molecule has 0 saturated carbocycles. The summed E-state index contributed by atoms with van der Waals surface area (Å²) in [5.74, 6) is -1.08. The number of sulfonamides is 1. The van der Waals surface area contributed by atoms with Crippen LogP contribution in [-0.2, 0) is 14.8 Å². The zero-order chi connectivity index (χ0) is 13.3. The summed E-state index contributed by atoms with van der Waals surface area (Å²) in [6.07, 6.45) is 1.83. The predicted molar refractivity (Wildman–Crippen MR) is 71.2 cm³/mol. The first-order chi connectivity index (χ1) is 8.43. The molecule has 1 aliphatic heterocycles. The van der Waals surface area contributed by atoms with Gasteiger partial charge in [0, 0.05) is 6.54 Å². The first-order valence-corrected chi connectivity index (χ1v) is 8.48. The molecule has 2 heterocycles. The van der Waals surface area contributed by atoms with E-state index in [0.717, 1.165) is 22.1 Å². The predicted octanol–water partition coefficient (Wildman–Crippen LogP) is 2.14. The first kappa shape index (κ1) is 14.0. The van der Waals surface area contributed by atoms with Crippen molar-refractivity contribution in [1.82, 2.24) is 4.31 Å². The number of carbonyl (C=O) groups is 1. The molecule has 5 nitrogen and oxygen atoms in total. The van der Waals surface area contributed by atoms with E-state index in [2.05, 4.69) is 15.9 Å². The summed E-state index contributed by atoms with van der Waals surface area (Å²) in [6.45, 7) is 0.273. The highest BCUT2D eigenvalue weighted by molar-refractivity contribution is 9.11. The second kappa shape index (κ2) is 5.28. The molecule has 100 valence electrons. The van der Waals surface area contributed by atoms with E-state index in [1.54, 1.807) is 6.07 Å². The second-order valence-corrected chi connectivity index (χ2v) is 8.60. The van der Waals surface area contributed by atoms with Crippen molar-refractivity contribution in [3.8, 4) is 0 Å². The summed E-state index contributed by atoms with van der Waals surface area (Å²) >= 11 is 4.31. The van der Waals surface area contributed by atoms with E-state index < -0.39 is 22.0 Å². The SMILES string of the molecule is O=C(O)C1CCCCN1S(=O)(=O)c1ccc(Br)s1. The molecule has 1 aliphatic rings. The van der Waals surface area contributed by atoms with Crippen molar-refractivity contribution in [2.75, 3.05) is 6.54 Å². The Balaban J connectivity index is 2.36. The molecule has 1 saturated heterocycles. The Morgan fingerprint density at radius 2 is 2.17 bits per heavy atom. The molecule has 1 aromatic rings. The Labute approximate surface area is 118 Å². The highest BCUT2D eigenvalue weighted by atomic mass is 79.9. The van der Waals surface area contributed by atoms with Crippen molar-refractivity contribution < 1.29 is 18.3 Å². The molecule has 1 unspecified atom stereocenters. The first-order valence-electron chi connectivity index (χ1n) is 5.43. The van der Waals surface area contributed by atoms with Crippen LogP contribution in [0.2, 0.25) is 0 Å². The van der Waals surface area contributed by atoms with Crippen LogP contribution < -0.4 is 0 Å². The van der Waals surface area contributed by atoms with E-state index in [1.165, 1.54) is 6.07 Å². The minimum Gasteiger partial charge on any atom is -0.480 e. The molecule has 1 fully saturated rings. The van der Waals surface area contributed by atoms with Crippen LogP contribution in [0.5, 0.6) is 0 Å². The molecule has 1 N–H and O–H groups in total. The van der Waals surface area contributed by atoms with Crippen LogP contribution in [0.15, 0.2) is 20.1 Å². The lowest BCUT2D eigenvalue weighted by Crippen LogP contribution is -2.47. The number of nitrogens with zero attached hydrogens (tertiary/aromatic N) is 1. The molecular weight excluding hydrogens is 342 g/mol. The Hall–Kier alpha value is -0.440. The molecule has 1 atom stereocenters. The number of hydrogen-bond acceptors (Lipinski definition) is 4. The topological polar surface area (TPSA) is 74.7 Å². The zero-order valence-corrected chi connectivity index (χ0v) is 12.6. The van der Waals surface area contributed by atoms with Gasteiger partial charge in [-0.25, -0.2) is 8.42 Å². The molecule has 0 amide bonds. The van der Waals surface area contributed by atoms with Crippen LogP contribution in [0.4, 0.5) is 0 Å². The van der Waals surface area contributed by atoms with E-state index in [-0.39, 0.29) is 10.8 Å². The minimum absolute atomic E-state index is 0.183. The zero-order valence-electron chi connectivity index (χ0n) is 9.37. The van der Waals surface area contributed by atoms with Gasteiger partial charge in [-0.05, 0) is 47.3 Å². The smallest absolute Gasteiger partial charge is 0.322 e. The molecule has 18 heavy (non-hydrogen) atoms. The lowest BCUT2D eigenvalue weighted by molar-refractivity contribution is -0.142. The fraction of sp³-hybridized carbons (Fsp3) is 0.500. The molecule has 0 aromatic carbocycles. The van der Waals surface area contributed by atoms with Gasteiger partial charge in [0.15, 0.2) is 0 Å². The number of piperidine rings is 1.